The van der Waals surface area contributed by atoms with E-state index in [2.05, 4.69) is 35.1 Å². The van der Waals surface area contributed by atoms with Gasteiger partial charge in [-0.15, -0.1) is 0 Å². The number of aliphatic imine (C=N–C) groups is 1. The Bertz CT molecular complexity index is 1370. The fraction of sp³-hybridized carbons (Fsp3) is 0.483. The molecule has 3 fully saturated rings. The number of anilines is 3. The van der Waals surface area contributed by atoms with Gasteiger partial charge in [0.15, 0.2) is 0 Å². The minimum Gasteiger partial charge on any atom is -0.391 e. The average Bonchev–Trinajstić information content (AvgIpc) is 3.80. The average molecular weight is 529 g/mol. The van der Waals surface area contributed by atoms with Crippen molar-refractivity contribution in [1.82, 2.24) is 15.0 Å². The van der Waals surface area contributed by atoms with Crippen LogP contribution in [-0.4, -0.2) is 77.6 Å². The van der Waals surface area contributed by atoms with Crippen molar-refractivity contribution in [3.05, 3.63) is 48.5 Å². The highest BCUT2D eigenvalue weighted by Crippen LogP contribution is 2.42. The Balaban J connectivity index is 1.19. The fourth-order valence-corrected chi connectivity index (χ4v) is 6.02. The lowest BCUT2D eigenvalue weighted by Gasteiger charge is -2.42. The van der Waals surface area contributed by atoms with Crippen LogP contribution in [-0.2, 0) is 0 Å². The van der Waals surface area contributed by atoms with Gasteiger partial charge in [0.25, 0.3) is 5.91 Å². The molecule has 10 nitrogen and oxygen atoms in total. The molecule has 0 unspecified atom stereocenters. The van der Waals surface area contributed by atoms with Crippen LogP contribution in [0.2, 0.25) is 0 Å². The van der Waals surface area contributed by atoms with Gasteiger partial charge in [-0.25, -0.2) is 4.98 Å². The lowest BCUT2D eigenvalue weighted by molar-refractivity contribution is 0.0594. The van der Waals surface area contributed by atoms with E-state index in [9.17, 15) is 9.90 Å². The maximum absolute atomic E-state index is 13.3. The summed E-state index contributed by atoms with van der Waals surface area (Å²) in [5, 5.41) is 13.7. The van der Waals surface area contributed by atoms with Gasteiger partial charge in [0.05, 0.1) is 46.6 Å². The molecule has 0 spiro atoms. The second kappa shape index (κ2) is 10.9. The van der Waals surface area contributed by atoms with Crippen molar-refractivity contribution >= 4 is 40.2 Å². The predicted molar refractivity (Wildman–Crippen MR) is 153 cm³/mol. The molecule has 1 saturated carbocycles. The topological polar surface area (TPSA) is 133 Å². The first kappa shape index (κ1) is 25.6. The Kier molecular flexibility index (Phi) is 7.14. The number of amides is 1. The molecule has 0 bridgehead atoms. The van der Waals surface area contributed by atoms with Gasteiger partial charge in [0, 0.05) is 57.6 Å². The number of carbonyl (C=O) groups excluding carboxylic acids is 1. The van der Waals surface area contributed by atoms with E-state index in [1.54, 1.807) is 18.5 Å². The predicted octanol–water partition coefficient (Wildman–Crippen LogP) is 2.73. The Morgan fingerprint density at radius 2 is 1.92 bits per heavy atom. The van der Waals surface area contributed by atoms with E-state index in [4.69, 9.17) is 5.73 Å². The van der Waals surface area contributed by atoms with E-state index >= 15 is 0 Å². The molecule has 3 aromatic heterocycles. The molecule has 1 amide bonds. The van der Waals surface area contributed by atoms with Crippen molar-refractivity contribution < 1.29 is 9.90 Å². The van der Waals surface area contributed by atoms with Crippen molar-refractivity contribution in [3.8, 4) is 0 Å². The second-order valence-corrected chi connectivity index (χ2v) is 11.1. The lowest BCUT2D eigenvalue weighted by Crippen LogP contribution is -2.57. The Hall–Kier alpha value is -3.63. The summed E-state index contributed by atoms with van der Waals surface area (Å²) in [5.74, 6) is 0.873. The summed E-state index contributed by atoms with van der Waals surface area (Å²) in [7, 11) is 1.83. The molecule has 39 heavy (non-hydrogen) atoms. The molecule has 0 aromatic carbocycles. The molecule has 1 aliphatic carbocycles. The van der Waals surface area contributed by atoms with Crippen molar-refractivity contribution in [2.45, 2.75) is 37.8 Å². The smallest absolute Gasteiger partial charge is 0.274 e. The zero-order chi connectivity index (χ0) is 26.9. The van der Waals surface area contributed by atoms with Crippen molar-refractivity contribution in [3.63, 3.8) is 0 Å². The first-order valence-corrected chi connectivity index (χ1v) is 13.9. The highest BCUT2D eigenvalue weighted by Gasteiger charge is 2.43. The van der Waals surface area contributed by atoms with Gasteiger partial charge in [-0.05, 0) is 61.8 Å². The molecule has 6 rings (SSSR count). The number of hydrogen-bond donors (Lipinski definition) is 3. The summed E-state index contributed by atoms with van der Waals surface area (Å²) in [5.41, 5.74) is 10.5. The number of fused-ring (bicyclic) bond motifs is 1. The Labute approximate surface area is 228 Å². The third kappa shape index (κ3) is 5.44. The number of pyridine rings is 3. The Morgan fingerprint density at radius 3 is 2.69 bits per heavy atom. The molecule has 10 heteroatoms. The van der Waals surface area contributed by atoms with Crippen molar-refractivity contribution in [1.29, 1.82) is 0 Å². The van der Waals surface area contributed by atoms with E-state index in [0.29, 0.717) is 41.8 Å². The molecule has 2 saturated heterocycles. The number of piperidine rings is 2. The summed E-state index contributed by atoms with van der Waals surface area (Å²) in [6.07, 6.45) is 11.2. The molecule has 204 valence electrons. The van der Waals surface area contributed by atoms with Crippen LogP contribution in [0.5, 0.6) is 0 Å². The third-order valence-electron chi connectivity index (χ3n) is 8.37. The van der Waals surface area contributed by atoms with Gasteiger partial charge < -0.3 is 30.9 Å². The van der Waals surface area contributed by atoms with Gasteiger partial charge in [-0.3, -0.25) is 14.8 Å². The van der Waals surface area contributed by atoms with E-state index in [1.807, 2.05) is 37.7 Å². The zero-order valence-corrected chi connectivity index (χ0v) is 22.3. The largest absolute Gasteiger partial charge is 0.391 e. The lowest BCUT2D eigenvalue weighted by atomic mass is 9.87. The third-order valence-corrected chi connectivity index (χ3v) is 8.37. The minimum atomic E-state index is -0.495. The molecule has 4 N–H and O–H groups in total. The zero-order valence-electron chi connectivity index (χ0n) is 22.3. The van der Waals surface area contributed by atoms with Crippen LogP contribution in [0.3, 0.4) is 0 Å². The van der Waals surface area contributed by atoms with Crippen LogP contribution in [0.1, 0.15) is 36.2 Å². The summed E-state index contributed by atoms with van der Waals surface area (Å²) in [4.78, 5) is 35.5. The standard InChI is InChI=1S/C29H36N8O2/c1-31-13-18-7-10-36(11-8-18)20-12-25-23(33-14-20)4-5-24(34-25)29(39)35-26-15-32-9-6-27(26)37-16-21(19-2-3-19)28(38)22(30)17-37/h4-6,9,12-15,18-19,21-22,28,38H,2-3,7-8,10-11,16-17,30H2,1H3,(H,35,39)/t21-,22-,28-/m1/s1. The monoisotopic (exact) mass is 528 g/mol. The minimum absolute atomic E-state index is 0.139. The molecular weight excluding hydrogens is 492 g/mol. The Morgan fingerprint density at radius 1 is 1.10 bits per heavy atom. The van der Waals surface area contributed by atoms with Crippen LogP contribution in [0, 0.1) is 17.8 Å². The highest BCUT2D eigenvalue weighted by atomic mass is 16.3. The number of aromatic nitrogens is 3. The number of aliphatic hydroxyl groups is 1. The molecular formula is C29H36N8O2. The number of nitrogens with zero attached hydrogens (tertiary/aromatic N) is 6. The van der Waals surface area contributed by atoms with Gasteiger partial charge in [0.2, 0.25) is 0 Å². The number of nitrogens with two attached hydrogens (primary N) is 1. The number of aliphatic hydroxyl groups excluding tert-OH is 1. The second-order valence-electron chi connectivity index (χ2n) is 11.1. The normalized spacial score (nSPS) is 24.4. The van der Waals surface area contributed by atoms with Gasteiger partial charge in [-0.1, -0.05) is 0 Å². The van der Waals surface area contributed by atoms with Gasteiger partial charge >= 0.3 is 0 Å². The van der Waals surface area contributed by atoms with Crippen molar-refractivity contribution in [2.24, 2.45) is 28.5 Å². The summed E-state index contributed by atoms with van der Waals surface area (Å²) in [6.45, 7) is 3.10. The van der Waals surface area contributed by atoms with Crippen LogP contribution >= 0.6 is 0 Å². The first-order chi connectivity index (χ1) is 19.0. The van der Waals surface area contributed by atoms with E-state index in [-0.39, 0.29) is 17.9 Å². The molecule has 3 aromatic rings. The van der Waals surface area contributed by atoms with Crippen LogP contribution < -0.4 is 20.9 Å². The SMILES string of the molecule is CN=CC1CCN(c2cnc3ccc(C(=O)Nc4cnccc4N4C[C@@H](N)[C@H](O)[C@@H](C5CC5)C4)nc3c2)CC1. The van der Waals surface area contributed by atoms with Crippen LogP contribution in [0.25, 0.3) is 11.0 Å². The summed E-state index contributed by atoms with van der Waals surface area (Å²) >= 11 is 0. The van der Waals surface area contributed by atoms with E-state index in [1.165, 1.54) is 0 Å². The fourth-order valence-electron chi connectivity index (χ4n) is 6.02. The molecule has 3 atom stereocenters. The quantitative estimate of drug-likeness (QED) is 0.416. The summed E-state index contributed by atoms with van der Waals surface area (Å²) in [6, 6.07) is 7.10. The van der Waals surface area contributed by atoms with E-state index < -0.39 is 6.10 Å². The molecule has 5 heterocycles. The maximum atomic E-state index is 13.3. The molecule has 3 aliphatic rings. The maximum Gasteiger partial charge on any atom is 0.274 e. The van der Waals surface area contributed by atoms with Gasteiger partial charge in [-0.2, -0.15) is 0 Å². The van der Waals surface area contributed by atoms with Crippen molar-refractivity contribution in [2.75, 3.05) is 48.3 Å². The number of nitrogens with one attached hydrogen (secondary N) is 1. The summed E-state index contributed by atoms with van der Waals surface area (Å²) < 4.78 is 0. The number of rotatable bonds is 6. The van der Waals surface area contributed by atoms with Crippen LogP contribution in [0.4, 0.5) is 17.1 Å². The molecule has 0 radical (unpaired) electrons. The number of carbonyl (C=O) groups is 1. The first-order valence-electron chi connectivity index (χ1n) is 13.9. The highest BCUT2D eigenvalue weighted by molar-refractivity contribution is 6.05. The molecule has 2 aliphatic heterocycles. The van der Waals surface area contributed by atoms with Gasteiger partial charge in [0.1, 0.15) is 5.69 Å². The van der Waals surface area contributed by atoms with E-state index in [0.717, 1.165) is 55.7 Å². The van der Waals surface area contributed by atoms with Crippen LogP contribution in [0.15, 0.2) is 47.8 Å². The number of hydrogen-bond acceptors (Lipinski definition) is 9.